The van der Waals surface area contributed by atoms with Crippen molar-refractivity contribution in [2.24, 2.45) is 0 Å². The number of nitrogens with one attached hydrogen (secondary N) is 1. The monoisotopic (exact) mass is 383 g/mol. The number of aromatic nitrogens is 2. The molecule has 0 bridgehead atoms. The first-order chi connectivity index (χ1) is 13.0. The number of carbonyl (C=O) groups excluding carboxylic acids is 1. The van der Waals surface area contributed by atoms with Crippen molar-refractivity contribution in [3.05, 3.63) is 94.0 Å². The third-order valence-corrected chi connectivity index (χ3v) is 4.50. The number of rotatable bonds is 6. The van der Waals surface area contributed by atoms with Crippen LogP contribution in [-0.2, 0) is 17.9 Å². The van der Waals surface area contributed by atoms with Crippen LogP contribution in [0.15, 0.2) is 60.7 Å². The third kappa shape index (κ3) is 4.83. The van der Waals surface area contributed by atoms with E-state index in [0.717, 1.165) is 11.3 Å². The number of amides is 1. The molecule has 0 aliphatic rings. The smallest absolute Gasteiger partial charge is 0.244 e. The molecule has 0 aliphatic carbocycles. The van der Waals surface area contributed by atoms with Crippen molar-refractivity contribution in [1.82, 2.24) is 15.1 Å². The summed E-state index contributed by atoms with van der Waals surface area (Å²) in [5, 5.41) is 7.57. The molecular weight excluding hydrogens is 365 g/mol. The van der Waals surface area contributed by atoms with Crippen LogP contribution in [0.25, 0.3) is 6.08 Å². The van der Waals surface area contributed by atoms with Crippen LogP contribution >= 0.6 is 11.6 Å². The molecule has 0 saturated heterocycles. The molecule has 1 N–H and O–H groups in total. The van der Waals surface area contributed by atoms with Gasteiger partial charge in [0.2, 0.25) is 5.91 Å². The molecule has 0 aliphatic heterocycles. The molecule has 4 nitrogen and oxygen atoms in total. The highest BCUT2D eigenvalue weighted by atomic mass is 35.5. The van der Waals surface area contributed by atoms with Gasteiger partial charge in [0.05, 0.1) is 12.2 Å². The lowest BCUT2D eigenvalue weighted by molar-refractivity contribution is -0.116. The molecule has 1 heterocycles. The van der Waals surface area contributed by atoms with Crippen LogP contribution in [0.2, 0.25) is 5.15 Å². The Morgan fingerprint density at radius 3 is 2.63 bits per heavy atom. The van der Waals surface area contributed by atoms with E-state index in [4.69, 9.17) is 11.6 Å². The van der Waals surface area contributed by atoms with Crippen LogP contribution in [0.3, 0.4) is 0 Å². The number of benzene rings is 2. The molecular formula is C21H19ClFN3O. The van der Waals surface area contributed by atoms with E-state index in [-0.39, 0.29) is 18.3 Å². The third-order valence-electron chi connectivity index (χ3n) is 4.10. The van der Waals surface area contributed by atoms with Crippen LogP contribution < -0.4 is 5.32 Å². The van der Waals surface area contributed by atoms with E-state index >= 15 is 0 Å². The van der Waals surface area contributed by atoms with Gasteiger partial charge in [0.25, 0.3) is 0 Å². The standard InChI is InChI=1S/C21H19ClFN3O/c1-15-18(21(22)26(25-15)14-16-7-3-2-4-8-16)11-12-20(27)24-13-17-9-5-6-10-19(17)23/h2-12H,13-14H2,1H3,(H,24,27)/b12-11+. The highest BCUT2D eigenvalue weighted by Crippen LogP contribution is 2.22. The van der Waals surface area contributed by atoms with Gasteiger partial charge < -0.3 is 5.32 Å². The topological polar surface area (TPSA) is 46.9 Å². The summed E-state index contributed by atoms with van der Waals surface area (Å²) in [5.41, 5.74) is 2.94. The van der Waals surface area contributed by atoms with Gasteiger partial charge in [0.15, 0.2) is 0 Å². The van der Waals surface area contributed by atoms with Crippen molar-refractivity contribution < 1.29 is 9.18 Å². The molecule has 0 atom stereocenters. The lowest BCUT2D eigenvalue weighted by Crippen LogP contribution is -2.20. The molecule has 0 unspecified atom stereocenters. The van der Waals surface area contributed by atoms with E-state index in [1.54, 1.807) is 29.0 Å². The van der Waals surface area contributed by atoms with Gasteiger partial charge in [-0.3, -0.25) is 4.79 Å². The van der Waals surface area contributed by atoms with Crippen LogP contribution in [0.1, 0.15) is 22.4 Å². The van der Waals surface area contributed by atoms with Crippen molar-refractivity contribution in [2.75, 3.05) is 0 Å². The Labute approximate surface area is 162 Å². The Kier molecular flexibility index (Phi) is 6.04. The summed E-state index contributed by atoms with van der Waals surface area (Å²) in [7, 11) is 0. The van der Waals surface area contributed by atoms with Crippen LogP contribution in [-0.4, -0.2) is 15.7 Å². The Balaban J connectivity index is 1.66. The minimum Gasteiger partial charge on any atom is -0.348 e. The fraction of sp³-hybridized carbons (Fsp3) is 0.143. The average Bonchev–Trinajstić information content (AvgIpc) is 2.93. The molecule has 0 saturated carbocycles. The summed E-state index contributed by atoms with van der Waals surface area (Å²) in [6, 6.07) is 16.2. The normalized spacial score (nSPS) is 11.1. The van der Waals surface area contributed by atoms with Gasteiger partial charge in [-0.15, -0.1) is 0 Å². The second kappa shape index (κ2) is 8.64. The van der Waals surface area contributed by atoms with Crippen molar-refractivity contribution in [2.45, 2.75) is 20.0 Å². The lowest BCUT2D eigenvalue weighted by Gasteiger charge is -2.04. The average molecular weight is 384 g/mol. The van der Waals surface area contributed by atoms with E-state index in [2.05, 4.69) is 10.4 Å². The van der Waals surface area contributed by atoms with Crippen LogP contribution in [0.5, 0.6) is 0 Å². The Morgan fingerprint density at radius 2 is 1.89 bits per heavy atom. The van der Waals surface area contributed by atoms with Crippen LogP contribution in [0, 0.1) is 12.7 Å². The van der Waals surface area contributed by atoms with E-state index in [1.165, 1.54) is 12.1 Å². The molecule has 3 aromatic rings. The second-order valence-corrected chi connectivity index (χ2v) is 6.43. The summed E-state index contributed by atoms with van der Waals surface area (Å²) < 4.78 is 15.3. The number of hydrogen-bond acceptors (Lipinski definition) is 2. The van der Waals surface area contributed by atoms with Gasteiger partial charge >= 0.3 is 0 Å². The van der Waals surface area contributed by atoms with Crippen molar-refractivity contribution in [3.8, 4) is 0 Å². The number of carbonyl (C=O) groups is 1. The van der Waals surface area contributed by atoms with Crippen molar-refractivity contribution in [1.29, 1.82) is 0 Å². The predicted octanol–water partition coefficient (Wildman–Crippen LogP) is 4.36. The fourth-order valence-electron chi connectivity index (χ4n) is 2.66. The summed E-state index contributed by atoms with van der Waals surface area (Å²) in [4.78, 5) is 12.0. The van der Waals surface area contributed by atoms with Gasteiger partial charge in [0.1, 0.15) is 11.0 Å². The minimum absolute atomic E-state index is 0.121. The van der Waals surface area contributed by atoms with Gasteiger partial charge in [-0.2, -0.15) is 5.10 Å². The molecule has 138 valence electrons. The number of hydrogen-bond donors (Lipinski definition) is 1. The van der Waals surface area contributed by atoms with Crippen LogP contribution in [0.4, 0.5) is 4.39 Å². The molecule has 1 aromatic heterocycles. The number of halogens is 2. The van der Waals surface area contributed by atoms with E-state index in [1.807, 2.05) is 37.3 Å². The highest BCUT2D eigenvalue weighted by molar-refractivity contribution is 6.31. The summed E-state index contributed by atoms with van der Waals surface area (Å²) in [5.74, 6) is -0.674. The van der Waals surface area contributed by atoms with Crippen molar-refractivity contribution in [3.63, 3.8) is 0 Å². The number of aryl methyl sites for hydroxylation is 1. The maximum atomic E-state index is 13.6. The molecule has 1 amide bonds. The van der Waals surface area contributed by atoms with Gasteiger partial charge in [-0.25, -0.2) is 9.07 Å². The predicted molar refractivity (Wildman–Crippen MR) is 105 cm³/mol. The second-order valence-electron chi connectivity index (χ2n) is 6.08. The van der Waals surface area contributed by atoms with E-state index < -0.39 is 0 Å². The van der Waals surface area contributed by atoms with Gasteiger partial charge in [0, 0.05) is 23.7 Å². The minimum atomic E-state index is -0.345. The zero-order valence-corrected chi connectivity index (χ0v) is 15.6. The first-order valence-electron chi connectivity index (χ1n) is 8.50. The zero-order valence-electron chi connectivity index (χ0n) is 14.8. The van der Waals surface area contributed by atoms with Gasteiger partial charge in [-0.1, -0.05) is 60.1 Å². The number of nitrogens with zero attached hydrogens (tertiary/aromatic N) is 2. The Bertz CT molecular complexity index is 967. The molecule has 2 aromatic carbocycles. The molecule has 6 heteroatoms. The molecule has 0 spiro atoms. The first kappa shape index (κ1) is 18.9. The first-order valence-corrected chi connectivity index (χ1v) is 8.88. The van der Waals surface area contributed by atoms with Crippen molar-refractivity contribution >= 4 is 23.6 Å². The molecule has 0 fully saturated rings. The Hall–Kier alpha value is -2.92. The molecule has 0 radical (unpaired) electrons. The zero-order chi connectivity index (χ0) is 19.2. The summed E-state index contributed by atoms with van der Waals surface area (Å²) in [6.07, 6.45) is 3.01. The lowest BCUT2D eigenvalue weighted by atomic mass is 10.2. The maximum absolute atomic E-state index is 13.6. The fourth-order valence-corrected chi connectivity index (χ4v) is 2.96. The largest absolute Gasteiger partial charge is 0.348 e. The maximum Gasteiger partial charge on any atom is 0.244 e. The van der Waals surface area contributed by atoms with E-state index in [9.17, 15) is 9.18 Å². The van der Waals surface area contributed by atoms with E-state index in [0.29, 0.717) is 22.8 Å². The SMILES string of the molecule is Cc1nn(Cc2ccccc2)c(Cl)c1/C=C/C(=O)NCc1ccccc1F. The Morgan fingerprint density at radius 1 is 1.19 bits per heavy atom. The summed E-state index contributed by atoms with van der Waals surface area (Å²) >= 11 is 6.42. The quantitative estimate of drug-likeness (QED) is 0.643. The highest BCUT2D eigenvalue weighted by Gasteiger charge is 2.12. The van der Waals surface area contributed by atoms with Gasteiger partial charge in [-0.05, 0) is 24.6 Å². The summed E-state index contributed by atoms with van der Waals surface area (Å²) in [6.45, 7) is 2.51. The molecule has 3 rings (SSSR count). The molecule has 27 heavy (non-hydrogen) atoms.